The number of carbonyl (C=O) groups excluding carboxylic acids is 1. The summed E-state index contributed by atoms with van der Waals surface area (Å²) in [5.74, 6) is -0.572. The molecule has 6 nitrogen and oxygen atoms in total. The molecule has 1 N–H and O–H groups in total. The van der Waals surface area contributed by atoms with Gasteiger partial charge in [0.2, 0.25) is 0 Å². The summed E-state index contributed by atoms with van der Waals surface area (Å²) in [5.41, 5.74) is 0.923. The van der Waals surface area contributed by atoms with E-state index in [4.69, 9.17) is 0 Å². The fourth-order valence-electron chi connectivity index (χ4n) is 3.01. The van der Waals surface area contributed by atoms with Gasteiger partial charge in [0.1, 0.15) is 5.75 Å². The molecule has 0 spiro atoms. The van der Waals surface area contributed by atoms with E-state index in [0.29, 0.717) is 11.4 Å². The van der Waals surface area contributed by atoms with Crippen molar-refractivity contribution in [3.8, 4) is 5.75 Å². The highest BCUT2D eigenvalue weighted by atomic mass is 32.2. The number of sulfonamides is 1. The van der Waals surface area contributed by atoms with Crippen LogP contribution in [0.5, 0.6) is 5.75 Å². The van der Waals surface area contributed by atoms with E-state index in [2.05, 4.69) is 10.1 Å². The minimum Gasteiger partial charge on any atom is -0.484 e. The van der Waals surface area contributed by atoms with Crippen LogP contribution in [0, 0.1) is 0 Å². The van der Waals surface area contributed by atoms with Gasteiger partial charge in [-0.2, -0.15) is 13.2 Å². The second kappa shape index (κ2) is 9.95. The molecule has 0 heterocycles. The van der Waals surface area contributed by atoms with Crippen molar-refractivity contribution < 1.29 is 31.1 Å². The van der Waals surface area contributed by atoms with Crippen LogP contribution in [0.1, 0.15) is 17.3 Å². The lowest BCUT2D eigenvalue weighted by molar-refractivity contribution is -0.153. The van der Waals surface area contributed by atoms with E-state index >= 15 is 0 Å². The fourth-order valence-corrected chi connectivity index (χ4v) is 4.53. The van der Waals surface area contributed by atoms with Gasteiger partial charge in [0.15, 0.2) is 6.61 Å². The van der Waals surface area contributed by atoms with Gasteiger partial charge in [-0.15, -0.1) is 0 Å². The summed E-state index contributed by atoms with van der Waals surface area (Å²) in [4.78, 5) is 12.6. The van der Waals surface area contributed by atoms with E-state index < -0.39 is 28.7 Å². The Labute approximate surface area is 189 Å². The van der Waals surface area contributed by atoms with E-state index in [1.165, 1.54) is 52.8 Å². The Kier molecular flexibility index (Phi) is 7.27. The lowest BCUT2D eigenvalue weighted by Crippen LogP contribution is -2.30. The Balaban J connectivity index is 1.75. The first-order chi connectivity index (χ1) is 15.6. The molecule has 174 valence electrons. The molecule has 3 rings (SSSR count). The third-order valence-corrected chi connectivity index (χ3v) is 6.43. The van der Waals surface area contributed by atoms with Crippen molar-refractivity contribution in [1.82, 2.24) is 0 Å². The van der Waals surface area contributed by atoms with Gasteiger partial charge in [-0.3, -0.25) is 9.10 Å². The number of alkyl halides is 3. The van der Waals surface area contributed by atoms with E-state index in [0.717, 1.165) is 0 Å². The number of hydrogen-bond acceptors (Lipinski definition) is 4. The van der Waals surface area contributed by atoms with Crippen molar-refractivity contribution >= 4 is 27.3 Å². The van der Waals surface area contributed by atoms with Gasteiger partial charge in [0.05, 0.1) is 10.6 Å². The van der Waals surface area contributed by atoms with Crippen molar-refractivity contribution in [2.75, 3.05) is 22.8 Å². The van der Waals surface area contributed by atoms with E-state index in [1.807, 2.05) is 0 Å². The lowest BCUT2D eigenvalue weighted by Gasteiger charge is -2.23. The smallest absolute Gasteiger partial charge is 0.422 e. The van der Waals surface area contributed by atoms with E-state index in [1.54, 1.807) is 37.3 Å². The Morgan fingerprint density at radius 2 is 1.64 bits per heavy atom. The fraction of sp³-hybridized carbons (Fsp3) is 0.174. The van der Waals surface area contributed by atoms with Gasteiger partial charge < -0.3 is 10.1 Å². The van der Waals surface area contributed by atoms with Crippen molar-refractivity contribution in [3.05, 3.63) is 84.4 Å². The first kappa shape index (κ1) is 24.1. The largest absolute Gasteiger partial charge is 0.484 e. The van der Waals surface area contributed by atoms with Crippen LogP contribution in [0.3, 0.4) is 0 Å². The van der Waals surface area contributed by atoms with Gasteiger partial charge in [0, 0.05) is 17.8 Å². The number of para-hydroxylation sites is 1. The molecule has 0 fully saturated rings. The highest BCUT2D eigenvalue weighted by molar-refractivity contribution is 7.92. The zero-order valence-electron chi connectivity index (χ0n) is 17.5. The predicted octanol–water partition coefficient (Wildman–Crippen LogP) is 5.10. The van der Waals surface area contributed by atoms with Crippen LogP contribution in [0.15, 0.2) is 83.8 Å². The molecule has 10 heteroatoms. The van der Waals surface area contributed by atoms with E-state index in [-0.39, 0.29) is 22.8 Å². The summed E-state index contributed by atoms with van der Waals surface area (Å²) < 4.78 is 68.9. The summed E-state index contributed by atoms with van der Waals surface area (Å²) in [5, 5.41) is 2.59. The molecule has 0 aliphatic heterocycles. The van der Waals surface area contributed by atoms with E-state index in [9.17, 15) is 26.4 Å². The minimum absolute atomic E-state index is 0.000941. The predicted molar refractivity (Wildman–Crippen MR) is 119 cm³/mol. The molecule has 3 aromatic carbocycles. The van der Waals surface area contributed by atoms with Crippen LogP contribution in [0.4, 0.5) is 24.5 Å². The molecular formula is C23H21F3N2O4S. The second-order valence-electron chi connectivity index (χ2n) is 6.92. The maximum atomic E-state index is 13.2. The number of ether oxygens (including phenoxy) is 1. The molecule has 0 unspecified atom stereocenters. The maximum Gasteiger partial charge on any atom is 0.422 e. The molecule has 0 bridgehead atoms. The highest BCUT2D eigenvalue weighted by Gasteiger charge is 2.28. The maximum absolute atomic E-state index is 13.2. The monoisotopic (exact) mass is 478 g/mol. The van der Waals surface area contributed by atoms with Crippen LogP contribution in [0.25, 0.3) is 0 Å². The van der Waals surface area contributed by atoms with Crippen molar-refractivity contribution in [2.24, 2.45) is 0 Å². The number of amides is 1. The summed E-state index contributed by atoms with van der Waals surface area (Å²) in [6, 6.07) is 19.6. The molecule has 33 heavy (non-hydrogen) atoms. The first-order valence-electron chi connectivity index (χ1n) is 9.89. The van der Waals surface area contributed by atoms with Crippen LogP contribution in [0.2, 0.25) is 0 Å². The minimum atomic E-state index is -4.45. The Morgan fingerprint density at radius 1 is 0.970 bits per heavy atom. The average molecular weight is 478 g/mol. The van der Waals surface area contributed by atoms with Crippen LogP contribution >= 0.6 is 0 Å². The molecule has 3 aromatic rings. The second-order valence-corrected chi connectivity index (χ2v) is 8.78. The average Bonchev–Trinajstić information content (AvgIpc) is 2.79. The summed E-state index contributed by atoms with van der Waals surface area (Å²) in [6.45, 7) is 0.493. The SMILES string of the molecule is CCN(c1ccccc1)S(=O)(=O)c1cccc(C(=O)Nc2ccc(OCC(F)(F)F)cc2)c1. The lowest BCUT2D eigenvalue weighted by atomic mass is 10.2. The van der Waals surface area contributed by atoms with Crippen molar-refractivity contribution in [1.29, 1.82) is 0 Å². The van der Waals surface area contributed by atoms with Gasteiger partial charge in [-0.1, -0.05) is 24.3 Å². The van der Waals surface area contributed by atoms with Crippen LogP contribution in [-0.4, -0.2) is 33.7 Å². The molecule has 0 aliphatic rings. The summed E-state index contributed by atoms with van der Waals surface area (Å²) >= 11 is 0. The standard InChI is InChI=1S/C23H21F3N2O4S/c1-2-28(19-8-4-3-5-9-19)33(30,31)21-10-6-7-17(15-21)22(29)27-18-11-13-20(14-12-18)32-16-23(24,25)26/h3-15H,2,16H2,1H3,(H,27,29). The summed E-state index contributed by atoms with van der Waals surface area (Å²) in [6.07, 6.45) is -4.45. The Hall–Kier alpha value is -3.53. The van der Waals surface area contributed by atoms with Gasteiger partial charge in [-0.25, -0.2) is 8.42 Å². The number of benzene rings is 3. The normalized spacial score (nSPS) is 11.6. The zero-order valence-corrected chi connectivity index (χ0v) is 18.4. The number of carbonyl (C=O) groups is 1. The molecule has 1 amide bonds. The van der Waals surface area contributed by atoms with Crippen LogP contribution in [-0.2, 0) is 10.0 Å². The Morgan fingerprint density at radius 3 is 2.24 bits per heavy atom. The quantitative estimate of drug-likeness (QED) is 0.489. The molecule has 0 aromatic heterocycles. The molecule has 0 saturated carbocycles. The third kappa shape index (κ3) is 6.26. The molecule has 0 radical (unpaired) electrons. The number of hydrogen-bond donors (Lipinski definition) is 1. The van der Waals surface area contributed by atoms with Crippen LogP contribution < -0.4 is 14.4 Å². The number of nitrogens with zero attached hydrogens (tertiary/aromatic N) is 1. The number of halogens is 3. The molecule has 0 saturated heterocycles. The molecule has 0 aliphatic carbocycles. The molecular weight excluding hydrogens is 457 g/mol. The number of nitrogens with one attached hydrogen (secondary N) is 1. The first-order valence-corrected chi connectivity index (χ1v) is 11.3. The number of anilines is 2. The van der Waals surface area contributed by atoms with Gasteiger partial charge >= 0.3 is 6.18 Å². The van der Waals surface area contributed by atoms with Crippen molar-refractivity contribution in [2.45, 2.75) is 18.0 Å². The Bertz CT molecular complexity index is 1200. The molecule has 0 atom stereocenters. The third-order valence-electron chi connectivity index (χ3n) is 4.53. The highest BCUT2D eigenvalue weighted by Crippen LogP contribution is 2.25. The van der Waals surface area contributed by atoms with Gasteiger partial charge in [0.25, 0.3) is 15.9 Å². The van der Waals surface area contributed by atoms with Crippen molar-refractivity contribution in [3.63, 3.8) is 0 Å². The van der Waals surface area contributed by atoms with Gasteiger partial charge in [-0.05, 0) is 61.5 Å². The number of rotatable bonds is 8. The topological polar surface area (TPSA) is 75.7 Å². The zero-order chi connectivity index (χ0) is 24.1. The summed E-state index contributed by atoms with van der Waals surface area (Å²) in [7, 11) is -3.91.